The highest BCUT2D eigenvalue weighted by atomic mass is 16.6. The van der Waals surface area contributed by atoms with Crippen LogP contribution in [-0.2, 0) is 9.53 Å². The molecule has 5 rings (SSSR count). The lowest BCUT2D eigenvalue weighted by atomic mass is 9.96. The molecule has 30 heavy (non-hydrogen) atoms. The molecule has 0 unspecified atom stereocenters. The van der Waals surface area contributed by atoms with Gasteiger partial charge in [-0.25, -0.2) is 9.79 Å². The summed E-state index contributed by atoms with van der Waals surface area (Å²) >= 11 is 0. The number of hydrogen-bond acceptors (Lipinski definition) is 5. The van der Waals surface area contributed by atoms with Crippen molar-refractivity contribution in [2.45, 2.75) is 0 Å². The van der Waals surface area contributed by atoms with Gasteiger partial charge < -0.3 is 4.74 Å². The summed E-state index contributed by atoms with van der Waals surface area (Å²) in [5, 5.41) is 15.0. The normalized spacial score (nSPS) is 14.9. The van der Waals surface area contributed by atoms with E-state index in [0.29, 0.717) is 5.56 Å². The Bertz CT molecular complexity index is 1350. The Morgan fingerprint density at radius 2 is 1.47 bits per heavy atom. The Labute approximate surface area is 170 Å². The highest BCUT2D eigenvalue weighted by molar-refractivity contribution is 6.15. The number of cyclic esters (lactones) is 1. The van der Waals surface area contributed by atoms with E-state index in [1.807, 2.05) is 48.5 Å². The Hall–Kier alpha value is -4.32. The van der Waals surface area contributed by atoms with Gasteiger partial charge in [-0.3, -0.25) is 10.1 Å². The molecular weight excluding hydrogens is 380 g/mol. The van der Waals surface area contributed by atoms with Crippen LogP contribution in [0.2, 0.25) is 0 Å². The van der Waals surface area contributed by atoms with Gasteiger partial charge in [-0.05, 0) is 51.4 Å². The third-order valence-corrected chi connectivity index (χ3v) is 5.04. The van der Waals surface area contributed by atoms with Gasteiger partial charge in [0.1, 0.15) is 0 Å². The van der Waals surface area contributed by atoms with E-state index >= 15 is 0 Å². The number of esters is 1. The predicted octanol–water partition coefficient (Wildman–Crippen LogP) is 5.25. The number of aliphatic imine (C=N–C) groups is 1. The summed E-state index contributed by atoms with van der Waals surface area (Å²) < 4.78 is 5.33. The molecular formula is C24H14N2O4. The van der Waals surface area contributed by atoms with E-state index < -0.39 is 10.9 Å². The Kier molecular flexibility index (Phi) is 4.10. The van der Waals surface area contributed by atoms with Crippen LogP contribution in [-0.4, -0.2) is 16.8 Å². The number of carbonyl (C=O) groups is 1. The molecule has 0 bridgehead atoms. The van der Waals surface area contributed by atoms with Crippen molar-refractivity contribution in [3.8, 4) is 0 Å². The first-order chi connectivity index (χ1) is 14.6. The summed E-state index contributed by atoms with van der Waals surface area (Å²) in [6.45, 7) is 0. The third kappa shape index (κ3) is 3.00. The molecule has 0 atom stereocenters. The number of nitro groups is 1. The smallest absolute Gasteiger partial charge is 0.363 e. The molecule has 6 nitrogen and oxygen atoms in total. The van der Waals surface area contributed by atoms with Gasteiger partial charge in [-0.15, -0.1) is 0 Å². The van der Waals surface area contributed by atoms with Gasteiger partial charge in [0.25, 0.3) is 5.69 Å². The van der Waals surface area contributed by atoms with Crippen LogP contribution in [0.25, 0.3) is 27.6 Å². The zero-order valence-electron chi connectivity index (χ0n) is 15.6. The van der Waals surface area contributed by atoms with E-state index in [1.165, 1.54) is 24.3 Å². The molecule has 1 heterocycles. The minimum Gasteiger partial charge on any atom is -0.402 e. The third-order valence-electron chi connectivity index (χ3n) is 5.04. The number of benzene rings is 4. The molecule has 0 aromatic heterocycles. The number of carbonyl (C=O) groups excluding carboxylic acids is 1. The number of fused-ring (bicyclic) bond motifs is 2. The van der Waals surface area contributed by atoms with Crippen molar-refractivity contribution < 1.29 is 14.5 Å². The van der Waals surface area contributed by atoms with Gasteiger partial charge in [0, 0.05) is 17.7 Å². The summed E-state index contributed by atoms with van der Waals surface area (Å²) in [4.78, 5) is 27.2. The first-order valence-electron chi connectivity index (χ1n) is 9.28. The number of hydrogen-bond donors (Lipinski definition) is 0. The Balaban J connectivity index is 1.64. The summed E-state index contributed by atoms with van der Waals surface area (Å²) in [5.74, 6) is -0.425. The van der Waals surface area contributed by atoms with Crippen molar-refractivity contribution in [1.82, 2.24) is 0 Å². The molecule has 6 heteroatoms. The molecule has 0 fully saturated rings. The quantitative estimate of drug-likeness (QED) is 0.156. The Morgan fingerprint density at radius 1 is 0.867 bits per heavy atom. The van der Waals surface area contributed by atoms with Gasteiger partial charge in [-0.2, -0.15) is 0 Å². The largest absolute Gasteiger partial charge is 0.402 e. The molecule has 1 aliphatic heterocycles. The molecule has 0 saturated carbocycles. The summed E-state index contributed by atoms with van der Waals surface area (Å²) in [6, 6.07) is 23.8. The molecule has 0 N–H and O–H groups in total. The highest BCUT2D eigenvalue weighted by Crippen LogP contribution is 2.31. The van der Waals surface area contributed by atoms with Crippen LogP contribution in [0.4, 0.5) is 5.69 Å². The molecule has 144 valence electrons. The second-order valence-corrected chi connectivity index (χ2v) is 6.87. The highest BCUT2D eigenvalue weighted by Gasteiger charge is 2.25. The zero-order chi connectivity index (χ0) is 20.7. The summed E-state index contributed by atoms with van der Waals surface area (Å²) in [5.41, 5.74) is 1.54. The molecule has 4 aromatic carbocycles. The minimum atomic E-state index is -0.555. The van der Waals surface area contributed by atoms with Gasteiger partial charge in [0.05, 0.1) is 4.92 Å². The van der Waals surface area contributed by atoms with Crippen molar-refractivity contribution >= 4 is 45.2 Å². The SMILES string of the molecule is O=C1OC(c2ccc([N+](=O)[O-])cc2)=N/C1=C/c1c2ccccc2cc2ccccc12. The number of nitro benzene ring substituents is 1. The molecule has 4 aromatic rings. The standard InChI is InChI=1S/C24H14N2O4/c27-24-22(25-23(30-24)15-9-11-18(12-10-15)26(28)29)14-21-19-7-3-1-5-16(19)13-17-6-2-4-8-20(17)21/h1-14H/b22-14+. The average molecular weight is 394 g/mol. The maximum absolute atomic E-state index is 12.5. The lowest BCUT2D eigenvalue weighted by molar-refractivity contribution is -0.384. The molecule has 0 amide bonds. The minimum absolute atomic E-state index is 0.0401. The monoisotopic (exact) mass is 394 g/mol. The fourth-order valence-corrected chi connectivity index (χ4v) is 3.60. The van der Waals surface area contributed by atoms with Gasteiger partial charge in [0.15, 0.2) is 5.70 Å². The van der Waals surface area contributed by atoms with Crippen LogP contribution in [0.5, 0.6) is 0 Å². The van der Waals surface area contributed by atoms with Crippen LogP contribution in [0.1, 0.15) is 11.1 Å². The zero-order valence-corrected chi connectivity index (χ0v) is 15.6. The lowest BCUT2D eigenvalue weighted by Crippen LogP contribution is -2.05. The van der Waals surface area contributed by atoms with Crippen molar-refractivity contribution in [2.24, 2.45) is 4.99 Å². The van der Waals surface area contributed by atoms with Crippen LogP contribution in [0.3, 0.4) is 0 Å². The lowest BCUT2D eigenvalue weighted by Gasteiger charge is -2.08. The maximum atomic E-state index is 12.5. The number of non-ortho nitro benzene ring substituents is 1. The first kappa shape index (κ1) is 17.8. The van der Waals surface area contributed by atoms with Gasteiger partial charge in [-0.1, -0.05) is 48.5 Å². The molecule has 1 aliphatic rings. The number of ether oxygens (including phenoxy) is 1. The topological polar surface area (TPSA) is 81.8 Å². The van der Waals surface area contributed by atoms with E-state index in [0.717, 1.165) is 27.1 Å². The van der Waals surface area contributed by atoms with Gasteiger partial charge >= 0.3 is 5.97 Å². The average Bonchev–Trinajstić information content (AvgIpc) is 3.14. The second-order valence-electron chi connectivity index (χ2n) is 6.87. The van der Waals surface area contributed by atoms with E-state index in [2.05, 4.69) is 11.1 Å². The van der Waals surface area contributed by atoms with E-state index in [-0.39, 0.29) is 17.3 Å². The maximum Gasteiger partial charge on any atom is 0.363 e. The van der Waals surface area contributed by atoms with Crippen LogP contribution >= 0.6 is 0 Å². The van der Waals surface area contributed by atoms with E-state index in [1.54, 1.807) is 6.08 Å². The fourth-order valence-electron chi connectivity index (χ4n) is 3.60. The number of rotatable bonds is 3. The summed E-state index contributed by atoms with van der Waals surface area (Å²) in [7, 11) is 0. The van der Waals surface area contributed by atoms with Crippen molar-refractivity contribution in [2.75, 3.05) is 0 Å². The van der Waals surface area contributed by atoms with Crippen LogP contribution in [0, 0.1) is 10.1 Å². The van der Waals surface area contributed by atoms with Crippen molar-refractivity contribution in [3.05, 3.63) is 106 Å². The molecule has 0 aliphatic carbocycles. The molecule has 0 radical (unpaired) electrons. The summed E-state index contributed by atoms with van der Waals surface area (Å²) in [6.07, 6.45) is 1.74. The van der Waals surface area contributed by atoms with Crippen LogP contribution in [0.15, 0.2) is 89.6 Å². The van der Waals surface area contributed by atoms with Crippen molar-refractivity contribution in [1.29, 1.82) is 0 Å². The first-order valence-corrected chi connectivity index (χ1v) is 9.28. The fraction of sp³-hybridized carbons (Fsp3) is 0. The van der Waals surface area contributed by atoms with Crippen LogP contribution < -0.4 is 0 Å². The van der Waals surface area contributed by atoms with Crippen molar-refractivity contribution in [3.63, 3.8) is 0 Å². The van der Waals surface area contributed by atoms with Gasteiger partial charge in [0.2, 0.25) is 5.90 Å². The second kappa shape index (κ2) is 6.93. The molecule has 0 spiro atoms. The van der Waals surface area contributed by atoms with E-state index in [4.69, 9.17) is 4.74 Å². The number of nitrogens with zero attached hydrogens (tertiary/aromatic N) is 2. The van der Waals surface area contributed by atoms with E-state index in [9.17, 15) is 14.9 Å². The predicted molar refractivity (Wildman–Crippen MR) is 115 cm³/mol. The Morgan fingerprint density at radius 3 is 2.07 bits per heavy atom. The molecule has 0 saturated heterocycles.